The Morgan fingerprint density at radius 2 is 1.85 bits per heavy atom. The maximum atomic E-state index is 12.4. The number of urea groups is 1. The largest absolute Gasteiger partial charge is 0.493 e. The lowest BCUT2D eigenvalue weighted by Gasteiger charge is -2.19. The maximum Gasteiger partial charge on any atom is 0.315 e. The summed E-state index contributed by atoms with van der Waals surface area (Å²) in [4.78, 5) is 26.1. The van der Waals surface area contributed by atoms with Crippen LogP contribution in [0.4, 0.5) is 10.5 Å². The Morgan fingerprint density at radius 1 is 1.11 bits per heavy atom. The molecule has 1 saturated heterocycles. The number of ether oxygens (including phenoxy) is 2. The maximum absolute atomic E-state index is 12.4. The van der Waals surface area contributed by atoms with E-state index in [4.69, 9.17) is 9.47 Å². The monoisotopic (exact) mass is 369 g/mol. The summed E-state index contributed by atoms with van der Waals surface area (Å²) in [6.45, 7) is 0.847. The molecule has 1 atom stereocenters. The van der Waals surface area contributed by atoms with Crippen molar-refractivity contribution in [2.24, 2.45) is 0 Å². The van der Waals surface area contributed by atoms with Gasteiger partial charge in [0, 0.05) is 31.3 Å². The average Bonchev–Trinajstić information content (AvgIpc) is 3.06. The van der Waals surface area contributed by atoms with Crippen LogP contribution in [0.2, 0.25) is 0 Å². The highest BCUT2D eigenvalue weighted by Crippen LogP contribution is 2.33. The Kier molecular flexibility index (Phi) is 5.80. The molecule has 3 rings (SSSR count). The van der Waals surface area contributed by atoms with Crippen LogP contribution in [0.15, 0.2) is 48.5 Å². The van der Waals surface area contributed by atoms with Gasteiger partial charge in [-0.05, 0) is 17.7 Å². The number of carbonyl (C=O) groups excluding carboxylic acids is 2. The molecule has 1 fully saturated rings. The van der Waals surface area contributed by atoms with Gasteiger partial charge in [-0.15, -0.1) is 0 Å². The van der Waals surface area contributed by atoms with Gasteiger partial charge in [0.2, 0.25) is 5.91 Å². The second kappa shape index (κ2) is 8.44. The second-order valence-electron chi connectivity index (χ2n) is 6.26. The number of nitrogens with one attached hydrogen (secondary N) is 2. The van der Waals surface area contributed by atoms with Crippen LogP contribution in [0.25, 0.3) is 0 Å². The summed E-state index contributed by atoms with van der Waals surface area (Å²) in [6.07, 6.45) is 0.257. The zero-order valence-corrected chi connectivity index (χ0v) is 15.4. The van der Waals surface area contributed by atoms with Gasteiger partial charge in [0.1, 0.15) is 0 Å². The molecule has 0 saturated carbocycles. The number of hydrogen-bond donors (Lipinski definition) is 2. The van der Waals surface area contributed by atoms with Crippen molar-refractivity contribution in [2.75, 3.05) is 25.7 Å². The lowest BCUT2D eigenvalue weighted by molar-refractivity contribution is -0.117. The van der Waals surface area contributed by atoms with Crippen molar-refractivity contribution in [2.45, 2.75) is 19.0 Å². The Hall–Kier alpha value is -3.22. The highest BCUT2D eigenvalue weighted by molar-refractivity contribution is 5.97. The van der Waals surface area contributed by atoms with E-state index < -0.39 is 0 Å². The highest BCUT2D eigenvalue weighted by atomic mass is 16.5. The molecule has 1 aliphatic heterocycles. The molecule has 7 nitrogen and oxygen atoms in total. The minimum absolute atomic E-state index is 0.0458. The van der Waals surface area contributed by atoms with Crippen molar-refractivity contribution < 1.29 is 19.1 Å². The molecule has 27 heavy (non-hydrogen) atoms. The Morgan fingerprint density at radius 3 is 2.56 bits per heavy atom. The van der Waals surface area contributed by atoms with Crippen LogP contribution < -0.4 is 25.0 Å². The van der Waals surface area contributed by atoms with Crippen LogP contribution in [0.3, 0.4) is 0 Å². The standard InChI is InChI=1S/C20H23N3O4/c1-26-17-9-8-16(11-18(17)27-2)23-13-15(10-19(23)24)22-20(25)21-12-14-6-4-3-5-7-14/h3-9,11,15H,10,12-13H2,1-2H3,(H2,21,22,25)/t15-/m0/s1. The molecule has 7 heteroatoms. The molecular formula is C20H23N3O4. The van der Waals surface area contributed by atoms with Gasteiger partial charge in [-0.25, -0.2) is 4.79 Å². The van der Waals surface area contributed by atoms with E-state index in [2.05, 4.69) is 10.6 Å². The molecule has 0 radical (unpaired) electrons. The summed E-state index contributed by atoms with van der Waals surface area (Å²) >= 11 is 0. The van der Waals surface area contributed by atoms with Crippen molar-refractivity contribution in [3.05, 3.63) is 54.1 Å². The molecular weight excluding hydrogens is 346 g/mol. The smallest absolute Gasteiger partial charge is 0.315 e. The van der Waals surface area contributed by atoms with E-state index in [1.54, 1.807) is 37.3 Å². The zero-order valence-electron chi connectivity index (χ0n) is 15.4. The first-order valence-corrected chi connectivity index (χ1v) is 8.71. The third kappa shape index (κ3) is 4.49. The summed E-state index contributed by atoms with van der Waals surface area (Å²) in [5, 5.41) is 5.67. The van der Waals surface area contributed by atoms with Gasteiger partial charge in [0.25, 0.3) is 0 Å². The number of hydrogen-bond acceptors (Lipinski definition) is 4. The predicted octanol–water partition coefficient (Wildman–Crippen LogP) is 2.31. The molecule has 0 unspecified atom stereocenters. The zero-order chi connectivity index (χ0) is 19.2. The van der Waals surface area contributed by atoms with E-state index in [1.165, 1.54) is 0 Å². The summed E-state index contributed by atoms with van der Waals surface area (Å²) in [5.41, 5.74) is 1.73. The summed E-state index contributed by atoms with van der Waals surface area (Å²) in [5.74, 6) is 1.11. The van der Waals surface area contributed by atoms with Crippen molar-refractivity contribution >= 4 is 17.6 Å². The topological polar surface area (TPSA) is 79.9 Å². The number of amides is 3. The molecule has 3 amide bonds. The first-order chi connectivity index (χ1) is 13.1. The van der Waals surface area contributed by atoms with Crippen molar-refractivity contribution in [1.82, 2.24) is 10.6 Å². The summed E-state index contributed by atoms with van der Waals surface area (Å²) in [6, 6.07) is 14.4. The van der Waals surface area contributed by atoms with Crippen LogP contribution in [-0.4, -0.2) is 38.7 Å². The van der Waals surface area contributed by atoms with Crippen molar-refractivity contribution in [3.63, 3.8) is 0 Å². The van der Waals surface area contributed by atoms with Crippen LogP contribution in [0, 0.1) is 0 Å². The van der Waals surface area contributed by atoms with E-state index in [9.17, 15) is 9.59 Å². The third-order valence-electron chi connectivity index (χ3n) is 4.43. The molecule has 0 spiro atoms. The van der Waals surface area contributed by atoms with Crippen LogP contribution >= 0.6 is 0 Å². The molecule has 1 heterocycles. The number of nitrogens with zero attached hydrogens (tertiary/aromatic N) is 1. The van der Waals surface area contributed by atoms with E-state index >= 15 is 0 Å². The van der Waals surface area contributed by atoms with Crippen molar-refractivity contribution in [3.8, 4) is 11.5 Å². The Labute approximate surface area is 158 Å². The minimum Gasteiger partial charge on any atom is -0.493 e. The van der Waals surface area contributed by atoms with Crippen LogP contribution in [0.5, 0.6) is 11.5 Å². The van der Waals surface area contributed by atoms with Gasteiger partial charge < -0.3 is 25.0 Å². The number of rotatable bonds is 6. The number of benzene rings is 2. The minimum atomic E-state index is -0.286. The molecule has 0 aromatic heterocycles. The van der Waals surface area contributed by atoms with Crippen molar-refractivity contribution in [1.29, 1.82) is 0 Å². The molecule has 0 aliphatic carbocycles. The Bertz CT molecular complexity index is 810. The summed E-state index contributed by atoms with van der Waals surface area (Å²) < 4.78 is 10.5. The number of anilines is 1. The fourth-order valence-electron chi connectivity index (χ4n) is 3.06. The lowest BCUT2D eigenvalue weighted by Crippen LogP contribution is -2.43. The fraction of sp³-hybridized carbons (Fsp3) is 0.300. The lowest BCUT2D eigenvalue weighted by atomic mass is 10.2. The second-order valence-corrected chi connectivity index (χ2v) is 6.26. The number of carbonyl (C=O) groups is 2. The summed E-state index contributed by atoms with van der Waals surface area (Å²) in [7, 11) is 3.11. The quantitative estimate of drug-likeness (QED) is 0.819. The molecule has 2 aromatic carbocycles. The molecule has 2 aromatic rings. The van der Waals surface area contributed by atoms with Gasteiger partial charge in [-0.3, -0.25) is 4.79 Å². The van der Waals surface area contributed by atoms with Gasteiger partial charge in [0.05, 0.1) is 20.3 Å². The van der Waals surface area contributed by atoms with E-state index in [-0.39, 0.29) is 24.4 Å². The Balaban J connectivity index is 1.58. The predicted molar refractivity (Wildman–Crippen MR) is 102 cm³/mol. The molecule has 1 aliphatic rings. The number of methoxy groups -OCH3 is 2. The highest BCUT2D eigenvalue weighted by Gasteiger charge is 2.32. The first-order valence-electron chi connectivity index (χ1n) is 8.71. The normalized spacial score (nSPS) is 16.1. The van der Waals surface area contributed by atoms with Gasteiger partial charge in [-0.2, -0.15) is 0 Å². The van der Waals surface area contributed by atoms with E-state index in [0.29, 0.717) is 30.3 Å². The van der Waals surface area contributed by atoms with Crippen LogP contribution in [0.1, 0.15) is 12.0 Å². The van der Waals surface area contributed by atoms with Gasteiger partial charge >= 0.3 is 6.03 Å². The average molecular weight is 369 g/mol. The first kappa shape index (κ1) is 18.6. The van der Waals surface area contributed by atoms with Gasteiger partial charge in [-0.1, -0.05) is 30.3 Å². The van der Waals surface area contributed by atoms with E-state index in [0.717, 1.165) is 5.56 Å². The van der Waals surface area contributed by atoms with Crippen LogP contribution in [-0.2, 0) is 11.3 Å². The van der Waals surface area contributed by atoms with E-state index in [1.807, 2.05) is 30.3 Å². The molecule has 0 bridgehead atoms. The fourth-order valence-corrected chi connectivity index (χ4v) is 3.06. The SMILES string of the molecule is COc1ccc(N2C[C@@H](NC(=O)NCc3ccccc3)CC2=O)cc1OC. The third-order valence-corrected chi connectivity index (χ3v) is 4.43. The molecule has 2 N–H and O–H groups in total. The van der Waals surface area contributed by atoms with Gasteiger partial charge in [0.15, 0.2) is 11.5 Å². The molecule has 142 valence electrons.